The van der Waals surface area contributed by atoms with E-state index in [1.54, 1.807) is 17.9 Å². The van der Waals surface area contributed by atoms with Crippen molar-refractivity contribution < 1.29 is 9.26 Å². The molecule has 0 aliphatic carbocycles. The first-order chi connectivity index (χ1) is 12.3. The van der Waals surface area contributed by atoms with Crippen LogP contribution in [-0.2, 0) is 7.05 Å². The van der Waals surface area contributed by atoms with Gasteiger partial charge in [0.1, 0.15) is 18.1 Å². The van der Waals surface area contributed by atoms with Gasteiger partial charge in [-0.15, -0.1) is 5.10 Å². The maximum Gasteiger partial charge on any atom is 0.278 e. The summed E-state index contributed by atoms with van der Waals surface area (Å²) in [5.41, 5.74) is 1.55. The molecule has 1 aliphatic rings. The van der Waals surface area contributed by atoms with E-state index in [0.717, 1.165) is 17.9 Å². The summed E-state index contributed by atoms with van der Waals surface area (Å²) in [6, 6.07) is 7.73. The average molecular weight is 340 g/mol. The van der Waals surface area contributed by atoms with E-state index < -0.39 is 0 Å². The highest BCUT2D eigenvalue weighted by molar-refractivity contribution is 5.58. The highest BCUT2D eigenvalue weighted by atomic mass is 16.5. The molecule has 130 valence electrons. The molecule has 1 aromatic carbocycles. The highest BCUT2D eigenvalue weighted by Gasteiger charge is 2.14. The Morgan fingerprint density at radius 2 is 1.96 bits per heavy atom. The van der Waals surface area contributed by atoms with E-state index in [0.29, 0.717) is 24.0 Å². The van der Waals surface area contributed by atoms with Gasteiger partial charge in [0.05, 0.1) is 6.20 Å². The van der Waals surface area contributed by atoms with Crippen molar-refractivity contribution in [1.82, 2.24) is 30.0 Å². The van der Waals surface area contributed by atoms with Crippen LogP contribution in [0.5, 0.6) is 5.75 Å². The largest absolute Gasteiger partial charge is 0.492 e. The maximum atomic E-state index is 5.81. The van der Waals surface area contributed by atoms with Crippen LogP contribution in [0.25, 0.3) is 23.0 Å². The van der Waals surface area contributed by atoms with Gasteiger partial charge in [-0.1, -0.05) is 10.4 Å². The van der Waals surface area contributed by atoms with Crippen molar-refractivity contribution >= 4 is 0 Å². The number of ether oxygens (including phenoxy) is 1. The zero-order chi connectivity index (χ0) is 17.1. The maximum absolute atomic E-state index is 5.81. The molecule has 25 heavy (non-hydrogen) atoms. The summed E-state index contributed by atoms with van der Waals surface area (Å²) >= 11 is 0. The molecule has 0 atom stereocenters. The summed E-state index contributed by atoms with van der Waals surface area (Å²) < 4.78 is 12.7. The van der Waals surface area contributed by atoms with Crippen LogP contribution < -0.4 is 4.74 Å². The Labute approximate surface area is 145 Å². The molecule has 1 saturated heterocycles. The molecule has 1 fully saturated rings. The van der Waals surface area contributed by atoms with E-state index in [2.05, 4.69) is 25.4 Å². The van der Waals surface area contributed by atoms with Crippen molar-refractivity contribution in [1.29, 1.82) is 0 Å². The van der Waals surface area contributed by atoms with Gasteiger partial charge < -0.3 is 9.26 Å². The lowest BCUT2D eigenvalue weighted by Gasteiger charge is -2.14. The number of hydrogen-bond donors (Lipinski definition) is 0. The van der Waals surface area contributed by atoms with Crippen molar-refractivity contribution in [2.45, 2.75) is 12.8 Å². The summed E-state index contributed by atoms with van der Waals surface area (Å²) in [6.07, 6.45) is 4.20. The van der Waals surface area contributed by atoms with Crippen LogP contribution in [0.2, 0.25) is 0 Å². The molecule has 4 rings (SSSR count). The molecule has 1 aliphatic heterocycles. The molecule has 0 amide bonds. The van der Waals surface area contributed by atoms with Crippen LogP contribution in [0.15, 0.2) is 35.0 Å². The molecule has 2 aromatic heterocycles. The normalized spacial score (nSPS) is 14.9. The molecule has 8 heteroatoms. The molecule has 0 unspecified atom stereocenters. The lowest BCUT2D eigenvalue weighted by atomic mass is 10.2. The van der Waals surface area contributed by atoms with Crippen molar-refractivity contribution in [3.63, 3.8) is 0 Å². The quantitative estimate of drug-likeness (QED) is 0.679. The van der Waals surface area contributed by atoms with Gasteiger partial charge in [0, 0.05) is 19.2 Å². The lowest BCUT2D eigenvalue weighted by molar-refractivity contribution is 0.238. The predicted octanol–water partition coefficient (Wildman–Crippen LogP) is 2.01. The SMILES string of the molecule is Cn1nncc1-c1nc(-c2ccc(OCCN3CCCC3)cc2)no1. The first kappa shape index (κ1) is 15.8. The van der Waals surface area contributed by atoms with Crippen molar-refractivity contribution in [3.8, 4) is 28.7 Å². The number of rotatable bonds is 6. The first-order valence-electron chi connectivity index (χ1n) is 8.44. The fraction of sp³-hybridized carbons (Fsp3) is 0.412. The van der Waals surface area contributed by atoms with Crippen molar-refractivity contribution in [3.05, 3.63) is 30.5 Å². The zero-order valence-corrected chi connectivity index (χ0v) is 14.1. The highest BCUT2D eigenvalue weighted by Crippen LogP contribution is 2.23. The number of nitrogens with zero attached hydrogens (tertiary/aromatic N) is 6. The summed E-state index contributed by atoms with van der Waals surface area (Å²) in [7, 11) is 1.78. The van der Waals surface area contributed by atoms with E-state index in [1.807, 2.05) is 24.3 Å². The molecule has 0 spiro atoms. The molecule has 0 radical (unpaired) electrons. The van der Waals surface area contributed by atoms with Crippen LogP contribution in [0.1, 0.15) is 12.8 Å². The number of aryl methyl sites for hydroxylation is 1. The third-order valence-corrected chi connectivity index (χ3v) is 4.35. The molecule has 0 N–H and O–H groups in total. The Kier molecular flexibility index (Phi) is 4.43. The van der Waals surface area contributed by atoms with E-state index >= 15 is 0 Å². The second-order valence-corrected chi connectivity index (χ2v) is 6.09. The topological polar surface area (TPSA) is 82.1 Å². The molecule has 0 bridgehead atoms. The monoisotopic (exact) mass is 340 g/mol. The minimum absolute atomic E-state index is 0.397. The molecule has 3 heterocycles. The second kappa shape index (κ2) is 7.02. The summed E-state index contributed by atoms with van der Waals surface area (Å²) in [5, 5.41) is 11.7. The first-order valence-corrected chi connectivity index (χ1v) is 8.44. The van der Waals surface area contributed by atoms with Crippen LogP contribution >= 0.6 is 0 Å². The Balaban J connectivity index is 1.38. The molecule has 0 saturated carbocycles. The third-order valence-electron chi connectivity index (χ3n) is 4.35. The Morgan fingerprint density at radius 3 is 2.68 bits per heavy atom. The van der Waals surface area contributed by atoms with Gasteiger partial charge in [0.15, 0.2) is 0 Å². The Bertz CT molecular complexity index is 820. The molecule has 8 nitrogen and oxygen atoms in total. The number of benzene rings is 1. The van der Waals surface area contributed by atoms with Gasteiger partial charge in [-0.3, -0.25) is 4.90 Å². The van der Waals surface area contributed by atoms with Crippen LogP contribution in [0.4, 0.5) is 0 Å². The van der Waals surface area contributed by atoms with E-state index in [1.165, 1.54) is 25.9 Å². The van der Waals surface area contributed by atoms with E-state index in [4.69, 9.17) is 9.26 Å². The van der Waals surface area contributed by atoms with Crippen LogP contribution in [0.3, 0.4) is 0 Å². The van der Waals surface area contributed by atoms with E-state index in [9.17, 15) is 0 Å². The lowest BCUT2D eigenvalue weighted by Crippen LogP contribution is -2.25. The third kappa shape index (κ3) is 3.53. The van der Waals surface area contributed by atoms with Gasteiger partial charge >= 0.3 is 0 Å². The summed E-state index contributed by atoms with van der Waals surface area (Å²) in [4.78, 5) is 6.83. The fourth-order valence-corrected chi connectivity index (χ4v) is 2.93. The van der Waals surface area contributed by atoms with Crippen molar-refractivity contribution in [2.24, 2.45) is 7.05 Å². The molecular weight excluding hydrogens is 320 g/mol. The molecular formula is C17H20N6O2. The van der Waals surface area contributed by atoms with Gasteiger partial charge in [-0.2, -0.15) is 4.98 Å². The minimum Gasteiger partial charge on any atom is -0.492 e. The average Bonchev–Trinajstić information content (AvgIpc) is 3.36. The van der Waals surface area contributed by atoms with Gasteiger partial charge in [0.25, 0.3) is 5.89 Å². The van der Waals surface area contributed by atoms with Crippen LogP contribution in [-0.4, -0.2) is 56.3 Å². The minimum atomic E-state index is 0.397. The van der Waals surface area contributed by atoms with E-state index in [-0.39, 0.29) is 0 Å². The predicted molar refractivity (Wildman–Crippen MR) is 90.9 cm³/mol. The number of likely N-dealkylation sites (tertiary alicyclic amines) is 1. The summed E-state index contributed by atoms with van der Waals surface area (Å²) in [5.74, 6) is 1.77. The zero-order valence-electron chi connectivity index (χ0n) is 14.1. The smallest absolute Gasteiger partial charge is 0.278 e. The second-order valence-electron chi connectivity index (χ2n) is 6.09. The Morgan fingerprint density at radius 1 is 1.16 bits per heavy atom. The number of aromatic nitrogens is 5. The van der Waals surface area contributed by atoms with Crippen molar-refractivity contribution in [2.75, 3.05) is 26.2 Å². The van der Waals surface area contributed by atoms with Crippen LogP contribution in [0, 0.1) is 0 Å². The standard InChI is InChI=1S/C17H20N6O2/c1-22-15(12-18-21-22)17-19-16(20-25-17)13-4-6-14(7-5-13)24-11-10-23-8-2-3-9-23/h4-7,12H,2-3,8-11H2,1H3. The Hall–Kier alpha value is -2.74. The van der Waals surface area contributed by atoms with Gasteiger partial charge in [-0.05, 0) is 50.2 Å². The molecule has 3 aromatic rings. The van der Waals surface area contributed by atoms with Gasteiger partial charge in [0.2, 0.25) is 5.82 Å². The summed E-state index contributed by atoms with van der Waals surface area (Å²) in [6.45, 7) is 4.07. The fourth-order valence-electron chi connectivity index (χ4n) is 2.93. The van der Waals surface area contributed by atoms with Gasteiger partial charge in [-0.25, -0.2) is 4.68 Å². The number of hydrogen-bond acceptors (Lipinski definition) is 7.